The van der Waals surface area contributed by atoms with Crippen LogP contribution in [-0.2, 0) is 0 Å². The third-order valence-corrected chi connectivity index (χ3v) is 3.46. The molecule has 0 saturated carbocycles. The van der Waals surface area contributed by atoms with Gasteiger partial charge >= 0.3 is 0 Å². The zero-order valence-electron chi connectivity index (χ0n) is 11.9. The standard InChI is InChI=1S/C16H21N2O3/c1-2-3-4-9-17-10-14(20)11-5-7-13(19)16-12(11)6-8-15(21)18-16/h5-8,14,17,19-20H,1-4,9-10H2,(H,18,21)/t14-/m1/s1. The van der Waals surface area contributed by atoms with Gasteiger partial charge in [-0.15, -0.1) is 0 Å². The second kappa shape index (κ2) is 7.24. The van der Waals surface area contributed by atoms with Crippen molar-refractivity contribution in [3.8, 4) is 5.75 Å². The number of aliphatic hydroxyl groups excluding tert-OH is 1. The van der Waals surface area contributed by atoms with Gasteiger partial charge in [0, 0.05) is 18.0 Å². The summed E-state index contributed by atoms with van der Waals surface area (Å²) in [6.07, 6.45) is 2.31. The highest BCUT2D eigenvalue weighted by Gasteiger charge is 2.13. The minimum Gasteiger partial charge on any atom is -0.506 e. The van der Waals surface area contributed by atoms with Crippen LogP contribution >= 0.6 is 0 Å². The van der Waals surface area contributed by atoms with Crippen molar-refractivity contribution < 1.29 is 10.2 Å². The van der Waals surface area contributed by atoms with Gasteiger partial charge in [0.15, 0.2) is 0 Å². The number of phenolic OH excluding ortho intramolecular Hbond substituents is 1. The Hall–Kier alpha value is -1.85. The van der Waals surface area contributed by atoms with Crippen LogP contribution in [0.5, 0.6) is 5.75 Å². The van der Waals surface area contributed by atoms with E-state index in [0.29, 0.717) is 23.0 Å². The molecule has 0 aliphatic heterocycles. The third kappa shape index (κ3) is 3.83. The Morgan fingerprint density at radius 3 is 2.81 bits per heavy atom. The second-order valence-electron chi connectivity index (χ2n) is 5.07. The highest BCUT2D eigenvalue weighted by Crippen LogP contribution is 2.28. The van der Waals surface area contributed by atoms with Gasteiger partial charge in [0.1, 0.15) is 5.75 Å². The van der Waals surface area contributed by atoms with E-state index in [2.05, 4.69) is 17.2 Å². The second-order valence-corrected chi connectivity index (χ2v) is 5.07. The lowest BCUT2D eigenvalue weighted by Crippen LogP contribution is -2.22. The molecule has 5 heteroatoms. The number of aromatic hydroxyl groups is 1. The summed E-state index contributed by atoms with van der Waals surface area (Å²) in [5, 5.41) is 23.9. The molecule has 4 N–H and O–H groups in total. The molecular weight excluding hydrogens is 268 g/mol. The fourth-order valence-corrected chi connectivity index (χ4v) is 2.33. The molecule has 2 aromatic rings. The number of phenols is 1. The molecule has 1 radical (unpaired) electrons. The van der Waals surface area contributed by atoms with E-state index >= 15 is 0 Å². The summed E-state index contributed by atoms with van der Waals surface area (Å²) in [7, 11) is 0. The smallest absolute Gasteiger partial charge is 0.248 e. The van der Waals surface area contributed by atoms with Crippen molar-refractivity contribution in [1.82, 2.24) is 10.3 Å². The highest BCUT2D eigenvalue weighted by molar-refractivity contribution is 5.87. The average molecular weight is 289 g/mol. The molecule has 0 aliphatic rings. The molecule has 0 saturated heterocycles. The van der Waals surface area contributed by atoms with Crippen LogP contribution in [0.25, 0.3) is 10.9 Å². The minimum absolute atomic E-state index is 0.00190. The zero-order chi connectivity index (χ0) is 15.2. The highest BCUT2D eigenvalue weighted by atomic mass is 16.3. The Morgan fingerprint density at radius 1 is 1.24 bits per heavy atom. The molecule has 0 aliphatic carbocycles. The van der Waals surface area contributed by atoms with Crippen LogP contribution in [-0.4, -0.2) is 28.3 Å². The van der Waals surface area contributed by atoms with Gasteiger partial charge in [-0.1, -0.05) is 25.8 Å². The molecule has 1 aromatic carbocycles. The molecule has 0 amide bonds. The first-order valence-electron chi connectivity index (χ1n) is 7.16. The normalized spacial score (nSPS) is 12.7. The SMILES string of the molecule is [CH2]CCCCNC[C@@H](O)c1ccc(O)c2[nH]c(=O)ccc12. The van der Waals surface area contributed by atoms with Crippen LogP contribution in [0.1, 0.15) is 30.9 Å². The van der Waals surface area contributed by atoms with Crippen molar-refractivity contribution in [2.24, 2.45) is 0 Å². The Balaban J connectivity index is 2.14. The van der Waals surface area contributed by atoms with E-state index in [0.717, 1.165) is 25.8 Å². The van der Waals surface area contributed by atoms with Gasteiger partial charge in [0.2, 0.25) is 5.56 Å². The fourth-order valence-electron chi connectivity index (χ4n) is 2.33. The first-order valence-corrected chi connectivity index (χ1v) is 7.16. The van der Waals surface area contributed by atoms with Crippen molar-refractivity contribution >= 4 is 10.9 Å². The summed E-state index contributed by atoms with van der Waals surface area (Å²) >= 11 is 0. The number of pyridine rings is 1. The lowest BCUT2D eigenvalue weighted by molar-refractivity contribution is 0.176. The Morgan fingerprint density at radius 2 is 2.05 bits per heavy atom. The van der Waals surface area contributed by atoms with Crippen molar-refractivity contribution in [3.05, 3.63) is 47.1 Å². The summed E-state index contributed by atoms with van der Waals surface area (Å²) in [5.41, 5.74) is 0.760. The third-order valence-electron chi connectivity index (χ3n) is 3.46. The van der Waals surface area contributed by atoms with Gasteiger partial charge in [-0.3, -0.25) is 4.79 Å². The van der Waals surface area contributed by atoms with E-state index in [1.807, 2.05) is 0 Å². The van der Waals surface area contributed by atoms with Crippen molar-refractivity contribution in [2.45, 2.75) is 25.4 Å². The fraction of sp³-hybridized carbons (Fsp3) is 0.375. The van der Waals surface area contributed by atoms with E-state index in [1.54, 1.807) is 12.1 Å². The van der Waals surface area contributed by atoms with E-state index in [1.165, 1.54) is 12.1 Å². The van der Waals surface area contributed by atoms with E-state index in [9.17, 15) is 15.0 Å². The van der Waals surface area contributed by atoms with Gasteiger partial charge in [-0.05, 0) is 30.7 Å². The maximum Gasteiger partial charge on any atom is 0.248 e. The summed E-state index contributed by atoms with van der Waals surface area (Å²) in [5.74, 6) is 0.00190. The number of rotatable bonds is 7. The van der Waals surface area contributed by atoms with Gasteiger partial charge < -0.3 is 20.5 Å². The maximum absolute atomic E-state index is 11.3. The topological polar surface area (TPSA) is 85.3 Å². The molecule has 0 unspecified atom stereocenters. The summed E-state index contributed by atoms with van der Waals surface area (Å²) in [4.78, 5) is 13.9. The quantitative estimate of drug-likeness (QED) is 0.586. The Bertz CT molecular complexity index is 652. The molecule has 1 atom stereocenters. The van der Waals surface area contributed by atoms with E-state index in [4.69, 9.17) is 0 Å². The number of hydrogen-bond acceptors (Lipinski definition) is 4. The van der Waals surface area contributed by atoms with E-state index in [-0.39, 0.29) is 11.3 Å². The summed E-state index contributed by atoms with van der Waals surface area (Å²) in [6, 6.07) is 6.17. The van der Waals surface area contributed by atoms with Crippen molar-refractivity contribution in [1.29, 1.82) is 0 Å². The average Bonchev–Trinajstić information content (AvgIpc) is 2.48. The summed E-state index contributed by atoms with van der Waals surface area (Å²) < 4.78 is 0. The van der Waals surface area contributed by atoms with Crippen LogP contribution < -0.4 is 10.9 Å². The first kappa shape index (κ1) is 15.5. The first-order chi connectivity index (χ1) is 10.1. The van der Waals surface area contributed by atoms with Gasteiger partial charge in [-0.25, -0.2) is 0 Å². The number of aromatic nitrogens is 1. The summed E-state index contributed by atoms with van der Waals surface area (Å²) in [6.45, 7) is 5.05. The molecule has 0 fully saturated rings. The van der Waals surface area contributed by atoms with Crippen molar-refractivity contribution in [2.75, 3.05) is 13.1 Å². The molecule has 5 nitrogen and oxygen atoms in total. The Kier molecular flexibility index (Phi) is 5.36. The molecule has 1 aromatic heterocycles. The lowest BCUT2D eigenvalue weighted by atomic mass is 10.0. The monoisotopic (exact) mass is 289 g/mol. The number of nitrogens with one attached hydrogen (secondary N) is 2. The Labute approximate surface area is 123 Å². The van der Waals surface area contributed by atoms with Gasteiger partial charge in [-0.2, -0.15) is 0 Å². The van der Waals surface area contributed by atoms with Crippen LogP contribution in [0.4, 0.5) is 0 Å². The number of hydrogen-bond donors (Lipinski definition) is 4. The molecule has 113 valence electrons. The minimum atomic E-state index is -0.696. The molecule has 1 heterocycles. The largest absolute Gasteiger partial charge is 0.506 e. The van der Waals surface area contributed by atoms with Crippen LogP contribution in [0.2, 0.25) is 0 Å². The molecule has 2 rings (SSSR count). The molecule has 0 bridgehead atoms. The number of H-pyrrole nitrogens is 1. The van der Waals surface area contributed by atoms with Crippen LogP contribution in [0.3, 0.4) is 0 Å². The van der Waals surface area contributed by atoms with E-state index < -0.39 is 6.10 Å². The van der Waals surface area contributed by atoms with Crippen LogP contribution in [0, 0.1) is 6.92 Å². The van der Waals surface area contributed by atoms with Crippen molar-refractivity contribution in [3.63, 3.8) is 0 Å². The molecule has 21 heavy (non-hydrogen) atoms. The number of aromatic amines is 1. The predicted molar refractivity (Wildman–Crippen MR) is 83.3 cm³/mol. The number of benzene rings is 1. The predicted octanol–water partition coefficient (Wildman–Crippen LogP) is 1.86. The number of unbranched alkanes of at least 4 members (excludes halogenated alkanes) is 2. The molecular formula is C16H21N2O3. The molecule has 0 spiro atoms. The van der Waals surface area contributed by atoms with Crippen LogP contribution in [0.15, 0.2) is 29.1 Å². The van der Waals surface area contributed by atoms with Gasteiger partial charge in [0.25, 0.3) is 0 Å². The maximum atomic E-state index is 11.3. The number of fused-ring (bicyclic) bond motifs is 1. The van der Waals surface area contributed by atoms with Gasteiger partial charge in [0.05, 0.1) is 11.6 Å². The number of aliphatic hydroxyl groups is 1. The lowest BCUT2D eigenvalue weighted by Gasteiger charge is -2.15. The zero-order valence-corrected chi connectivity index (χ0v) is 11.9.